The Labute approximate surface area is 119 Å². The maximum Gasteiger partial charge on any atom is 0.319 e. The van der Waals surface area contributed by atoms with E-state index in [1.165, 1.54) is 5.56 Å². The van der Waals surface area contributed by atoms with Gasteiger partial charge < -0.3 is 10.5 Å². The molecule has 0 amide bonds. The lowest BCUT2D eigenvalue weighted by Gasteiger charge is -2.15. The molecule has 0 fully saturated rings. The van der Waals surface area contributed by atoms with Crippen LogP contribution in [0.3, 0.4) is 0 Å². The van der Waals surface area contributed by atoms with Crippen molar-refractivity contribution < 1.29 is 9.53 Å². The first kappa shape index (κ1) is 15.9. The van der Waals surface area contributed by atoms with Gasteiger partial charge in [0, 0.05) is 11.4 Å². The lowest BCUT2D eigenvalue weighted by Crippen LogP contribution is -2.21. The molecule has 19 heavy (non-hydrogen) atoms. The molecule has 106 valence electrons. The highest BCUT2D eigenvalue weighted by Gasteiger charge is 2.18. The fraction of sp³-hybridized carbons (Fsp3) is 0.533. The highest BCUT2D eigenvalue weighted by molar-refractivity contribution is 7.99. The van der Waals surface area contributed by atoms with E-state index < -0.39 is 0 Å². The van der Waals surface area contributed by atoms with Crippen LogP contribution in [0.4, 0.5) is 5.69 Å². The Kier molecular flexibility index (Phi) is 6.78. The number of thioether (sulfide) groups is 1. The minimum absolute atomic E-state index is 0.0868. The van der Waals surface area contributed by atoms with Crippen LogP contribution in [0, 0.1) is 5.92 Å². The van der Waals surface area contributed by atoms with Gasteiger partial charge in [0.25, 0.3) is 0 Å². The van der Waals surface area contributed by atoms with E-state index in [4.69, 9.17) is 10.5 Å². The van der Waals surface area contributed by atoms with E-state index in [2.05, 4.69) is 0 Å². The first-order valence-electron chi connectivity index (χ1n) is 6.65. The van der Waals surface area contributed by atoms with Crippen molar-refractivity contribution in [3.63, 3.8) is 0 Å². The van der Waals surface area contributed by atoms with Crippen molar-refractivity contribution in [3.8, 4) is 0 Å². The summed E-state index contributed by atoms with van der Waals surface area (Å²) >= 11 is 1.62. The number of benzene rings is 1. The Morgan fingerprint density at radius 3 is 2.47 bits per heavy atom. The van der Waals surface area contributed by atoms with Crippen molar-refractivity contribution in [2.75, 3.05) is 12.3 Å². The van der Waals surface area contributed by atoms with Crippen molar-refractivity contribution >= 4 is 23.4 Å². The number of anilines is 1. The van der Waals surface area contributed by atoms with Gasteiger partial charge in [0.1, 0.15) is 5.25 Å². The molecular weight excluding hydrogens is 258 g/mol. The molecule has 0 saturated carbocycles. The lowest BCUT2D eigenvalue weighted by atomic mass is 10.2. The minimum Gasteiger partial charge on any atom is -0.465 e. The third kappa shape index (κ3) is 6.01. The Morgan fingerprint density at radius 1 is 1.32 bits per heavy atom. The van der Waals surface area contributed by atoms with Crippen LogP contribution in [0.1, 0.15) is 32.8 Å². The second kappa shape index (κ2) is 8.10. The molecule has 0 aliphatic carbocycles. The van der Waals surface area contributed by atoms with E-state index >= 15 is 0 Å². The summed E-state index contributed by atoms with van der Waals surface area (Å²) in [7, 11) is 0. The zero-order valence-electron chi connectivity index (χ0n) is 11.9. The Balaban J connectivity index is 2.43. The minimum atomic E-state index is -0.100. The van der Waals surface area contributed by atoms with Gasteiger partial charge in [0.15, 0.2) is 0 Å². The smallest absolute Gasteiger partial charge is 0.319 e. The topological polar surface area (TPSA) is 52.3 Å². The van der Waals surface area contributed by atoms with Crippen molar-refractivity contribution in [1.29, 1.82) is 0 Å². The summed E-state index contributed by atoms with van der Waals surface area (Å²) in [5.41, 5.74) is 7.58. The van der Waals surface area contributed by atoms with E-state index in [0.29, 0.717) is 12.5 Å². The van der Waals surface area contributed by atoms with Crippen LogP contribution in [0.5, 0.6) is 0 Å². The average molecular weight is 281 g/mol. The van der Waals surface area contributed by atoms with Crippen LogP contribution >= 0.6 is 11.8 Å². The van der Waals surface area contributed by atoms with Gasteiger partial charge in [-0.25, -0.2) is 0 Å². The molecule has 2 N–H and O–H groups in total. The van der Waals surface area contributed by atoms with Crippen LogP contribution in [-0.4, -0.2) is 17.8 Å². The molecule has 1 aromatic rings. The lowest BCUT2D eigenvalue weighted by molar-refractivity contribution is -0.144. The summed E-state index contributed by atoms with van der Waals surface area (Å²) in [4.78, 5) is 11.9. The Morgan fingerprint density at radius 2 is 1.95 bits per heavy atom. The molecule has 0 spiro atoms. The fourth-order valence-electron chi connectivity index (χ4n) is 1.50. The van der Waals surface area contributed by atoms with Crippen LogP contribution in [0.15, 0.2) is 24.3 Å². The highest BCUT2D eigenvalue weighted by Crippen LogP contribution is 2.22. The van der Waals surface area contributed by atoms with Crippen LogP contribution in [0.2, 0.25) is 0 Å². The molecule has 3 nitrogen and oxygen atoms in total. The van der Waals surface area contributed by atoms with Gasteiger partial charge in [-0.2, -0.15) is 0 Å². The Bertz CT molecular complexity index is 390. The number of ether oxygens (including phenoxy) is 1. The number of esters is 1. The van der Waals surface area contributed by atoms with E-state index in [-0.39, 0.29) is 11.2 Å². The number of carbonyl (C=O) groups is 1. The third-order valence-electron chi connectivity index (χ3n) is 2.62. The number of hydrogen-bond donors (Lipinski definition) is 1. The van der Waals surface area contributed by atoms with Crippen molar-refractivity contribution in [2.45, 2.75) is 38.2 Å². The largest absolute Gasteiger partial charge is 0.465 e. The van der Waals surface area contributed by atoms with E-state index in [1.54, 1.807) is 11.8 Å². The van der Waals surface area contributed by atoms with Gasteiger partial charge in [-0.15, -0.1) is 11.8 Å². The summed E-state index contributed by atoms with van der Waals surface area (Å²) in [5, 5.41) is -0.0868. The summed E-state index contributed by atoms with van der Waals surface area (Å²) in [6.07, 6.45) is 0.788. The number of nitrogens with two attached hydrogens (primary N) is 1. The van der Waals surface area contributed by atoms with E-state index in [0.717, 1.165) is 17.9 Å². The molecule has 4 heteroatoms. The van der Waals surface area contributed by atoms with Gasteiger partial charge in [0.2, 0.25) is 0 Å². The van der Waals surface area contributed by atoms with Gasteiger partial charge in [-0.3, -0.25) is 4.79 Å². The molecule has 0 radical (unpaired) electrons. The molecule has 1 aromatic carbocycles. The zero-order chi connectivity index (χ0) is 14.3. The highest BCUT2D eigenvalue weighted by atomic mass is 32.2. The van der Waals surface area contributed by atoms with E-state index in [9.17, 15) is 4.79 Å². The van der Waals surface area contributed by atoms with Gasteiger partial charge in [0.05, 0.1) is 6.61 Å². The zero-order valence-corrected chi connectivity index (χ0v) is 12.7. The van der Waals surface area contributed by atoms with Crippen LogP contribution in [0.25, 0.3) is 0 Å². The molecule has 0 saturated heterocycles. The molecule has 0 aromatic heterocycles. The normalized spacial score (nSPS) is 12.4. The fourth-order valence-corrected chi connectivity index (χ4v) is 2.53. The predicted molar refractivity (Wildman–Crippen MR) is 82.0 cm³/mol. The number of hydrogen-bond acceptors (Lipinski definition) is 4. The van der Waals surface area contributed by atoms with Crippen molar-refractivity contribution in [1.82, 2.24) is 0 Å². The molecular formula is C15H23NO2S. The second-order valence-electron chi connectivity index (χ2n) is 4.97. The SMILES string of the molecule is CCC(SCc1ccc(N)cc1)C(=O)OCC(C)C. The summed E-state index contributed by atoms with van der Waals surface area (Å²) in [5.74, 6) is 1.08. The maximum absolute atomic E-state index is 11.9. The Hall–Kier alpha value is -1.16. The molecule has 0 bridgehead atoms. The molecule has 0 aliphatic rings. The first-order valence-corrected chi connectivity index (χ1v) is 7.70. The molecule has 1 unspecified atom stereocenters. The van der Waals surface area contributed by atoms with Crippen LogP contribution < -0.4 is 5.73 Å². The predicted octanol–water partition coefficient (Wildman–Crippen LogP) is 3.48. The average Bonchev–Trinajstić information content (AvgIpc) is 2.39. The quantitative estimate of drug-likeness (QED) is 0.614. The summed E-state index contributed by atoms with van der Waals surface area (Å²) < 4.78 is 5.28. The number of carbonyl (C=O) groups excluding carboxylic acids is 1. The van der Waals surface area contributed by atoms with Gasteiger partial charge in [-0.05, 0) is 30.0 Å². The van der Waals surface area contributed by atoms with Crippen molar-refractivity contribution in [2.24, 2.45) is 5.92 Å². The molecule has 0 aliphatic heterocycles. The van der Waals surface area contributed by atoms with Gasteiger partial charge in [-0.1, -0.05) is 32.9 Å². The van der Waals surface area contributed by atoms with E-state index in [1.807, 2.05) is 45.0 Å². The number of nitrogen functional groups attached to an aromatic ring is 1. The monoisotopic (exact) mass is 281 g/mol. The number of rotatable bonds is 7. The molecule has 0 heterocycles. The summed E-state index contributed by atoms with van der Waals surface area (Å²) in [6.45, 7) is 6.58. The summed E-state index contributed by atoms with van der Waals surface area (Å²) in [6, 6.07) is 7.75. The third-order valence-corrected chi connectivity index (χ3v) is 4.05. The first-order chi connectivity index (χ1) is 9.02. The van der Waals surface area contributed by atoms with Crippen molar-refractivity contribution in [3.05, 3.63) is 29.8 Å². The van der Waals surface area contributed by atoms with Gasteiger partial charge >= 0.3 is 5.97 Å². The molecule has 1 atom stereocenters. The molecule has 1 rings (SSSR count). The maximum atomic E-state index is 11.9. The van der Waals surface area contributed by atoms with Crippen LogP contribution in [-0.2, 0) is 15.3 Å². The standard InChI is InChI=1S/C15H23NO2S/c1-4-14(15(17)18-9-11(2)3)19-10-12-5-7-13(16)8-6-12/h5-8,11,14H,4,9-10,16H2,1-3H3. The second-order valence-corrected chi connectivity index (χ2v) is 6.16.